The molecule has 0 atom stereocenters. The average Bonchev–Trinajstić information content (AvgIpc) is 3.25. The van der Waals surface area contributed by atoms with Crippen molar-refractivity contribution in [1.82, 2.24) is 20.2 Å². The van der Waals surface area contributed by atoms with E-state index in [1.807, 2.05) is 42.7 Å². The smallest absolute Gasteiger partial charge is 0.191 e. The van der Waals surface area contributed by atoms with Gasteiger partial charge in [-0.2, -0.15) is 0 Å². The van der Waals surface area contributed by atoms with Gasteiger partial charge in [-0.1, -0.05) is 61.2 Å². The van der Waals surface area contributed by atoms with Gasteiger partial charge in [0.05, 0.1) is 6.54 Å². The quantitative estimate of drug-likeness (QED) is 0.309. The Morgan fingerprint density at radius 3 is 2.67 bits per heavy atom. The van der Waals surface area contributed by atoms with Crippen LogP contribution in [0.25, 0.3) is 0 Å². The number of ether oxygens (including phenoxy) is 1. The Kier molecular flexibility index (Phi) is 8.09. The van der Waals surface area contributed by atoms with Gasteiger partial charge in [0.15, 0.2) is 5.96 Å². The van der Waals surface area contributed by atoms with E-state index in [0.29, 0.717) is 25.7 Å². The first-order valence-corrected chi connectivity index (χ1v) is 10.1. The molecule has 1 aromatic heterocycles. The van der Waals surface area contributed by atoms with E-state index >= 15 is 0 Å². The Bertz CT molecular complexity index is 949. The highest BCUT2D eigenvalue weighted by atomic mass is 16.5. The second-order valence-electron chi connectivity index (χ2n) is 6.76. The van der Waals surface area contributed by atoms with Crippen LogP contribution in [0.4, 0.5) is 0 Å². The Morgan fingerprint density at radius 2 is 1.87 bits per heavy atom. The standard InChI is InChI=1S/C24H29N5O/c1-3-17-30-22-12-8-7-11-21(22)18-27-24(25-2)28-19-23-26-14-16-29(23)15-13-20-9-5-4-6-10-20/h3-12,14,16H,1,13,15,17-19H2,2H3,(H2,25,27,28). The van der Waals surface area contributed by atoms with Gasteiger partial charge in [0.1, 0.15) is 18.2 Å². The van der Waals surface area contributed by atoms with E-state index in [0.717, 1.165) is 30.1 Å². The number of guanidine groups is 1. The van der Waals surface area contributed by atoms with E-state index < -0.39 is 0 Å². The number of para-hydroxylation sites is 1. The zero-order valence-corrected chi connectivity index (χ0v) is 17.4. The second kappa shape index (κ2) is 11.5. The summed E-state index contributed by atoms with van der Waals surface area (Å²) in [4.78, 5) is 8.81. The number of aliphatic imine (C=N–C) groups is 1. The van der Waals surface area contributed by atoms with Crippen molar-refractivity contribution in [2.45, 2.75) is 26.1 Å². The maximum absolute atomic E-state index is 5.72. The molecule has 6 heteroatoms. The molecule has 30 heavy (non-hydrogen) atoms. The highest BCUT2D eigenvalue weighted by Gasteiger charge is 2.07. The van der Waals surface area contributed by atoms with Crippen molar-refractivity contribution in [2.24, 2.45) is 4.99 Å². The highest BCUT2D eigenvalue weighted by Crippen LogP contribution is 2.17. The first-order valence-electron chi connectivity index (χ1n) is 10.1. The second-order valence-corrected chi connectivity index (χ2v) is 6.76. The van der Waals surface area contributed by atoms with Crippen molar-refractivity contribution < 1.29 is 4.74 Å². The molecule has 156 valence electrons. The lowest BCUT2D eigenvalue weighted by molar-refractivity contribution is 0.358. The van der Waals surface area contributed by atoms with Crippen LogP contribution in [0, 0.1) is 0 Å². The van der Waals surface area contributed by atoms with Crippen molar-refractivity contribution in [1.29, 1.82) is 0 Å². The fourth-order valence-electron chi connectivity index (χ4n) is 3.11. The number of nitrogens with one attached hydrogen (secondary N) is 2. The third-order valence-corrected chi connectivity index (χ3v) is 4.70. The third kappa shape index (κ3) is 6.24. The summed E-state index contributed by atoms with van der Waals surface area (Å²) in [7, 11) is 1.76. The van der Waals surface area contributed by atoms with Gasteiger partial charge in [0.2, 0.25) is 0 Å². The summed E-state index contributed by atoms with van der Waals surface area (Å²) in [6.45, 7) is 6.27. The summed E-state index contributed by atoms with van der Waals surface area (Å²) in [5.74, 6) is 2.53. The molecule has 6 nitrogen and oxygen atoms in total. The van der Waals surface area contributed by atoms with E-state index in [9.17, 15) is 0 Å². The number of aromatic nitrogens is 2. The predicted octanol–water partition coefficient (Wildman–Crippen LogP) is 3.56. The van der Waals surface area contributed by atoms with Crippen LogP contribution in [0.1, 0.15) is 17.0 Å². The monoisotopic (exact) mass is 403 g/mol. The summed E-state index contributed by atoms with van der Waals surface area (Å²) >= 11 is 0. The lowest BCUT2D eigenvalue weighted by atomic mass is 10.1. The van der Waals surface area contributed by atoms with Gasteiger partial charge in [-0.25, -0.2) is 4.98 Å². The van der Waals surface area contributed by atoms with Crippen LogP contribution in [-0.2, 0) is 26.1 Å². The molecule has 0 spiro atoms. The average molecular weight is 404 g/mol. The van der Waals surface area contributed by atoms with Gasteiger partial charge in [-0.05, 0) is 18.1 Å². The van der Waals surface area contributed by atoms with Crippen LogP contribution in [0.2, 0.25) is 0 Å². The number of rotatable bonds is 10. The number of hydrogen-bond acceptors (Lipinski definition) is 3. The Balaban J connectivity index is 1.52. The molecule has 0 fully saturated rings. The molecule has 0 bridgehead atoms. The van der Waals surface area contributed by atoms with Gasteiger partial charge in [0, 0.05) is 38.1 Å². The van der Waals surface area contributed by atoms with Gasteiger partial charge in [-0.3, -0.25) is 4.99 Å². The largest absolute Gasteiger partial charge is 0.489 e. The molecule has 0 aliphatic heterocycles. The van der Waals surface area contributed by atoms with Crippen LogP contribution < -0.4 is 15.4 Å². The Hall–Kier alpha value is -3.54. The molecule has 0 unspecified atom stereocenters. The molecular weight excluding hydrogens is 374 g/mol. The van der Waals surface area contributed by atoms with Gasteiger partial charge in [0.25, 0.3) is 0 Å². The Labute approximate surface area is 178 Å². The SMILES string of the molecule is C=CCOc1ccccc1CNC(=NC)NCc1nccn1CCc1ccccc1. The molecule has 1 heterocycles. The lowest BCUT2D eigenvalue weighted by Gasteiger charge is -2.15. The van der Waals surface area contributed by atoms with Crippen LogP contribution >= 0.6 is 0 Å². The number of aryl methyl sites for hydroxylation is 2. The molecule has 3 aromatic rings. The van der Waals surface area contributed by atoms with E-state index in [1.165, 1.54) is 5.56 Å². The fraction of sp³-hybridized carbons (Fsp3) is 0.250. The summed E-state index contributed by atoms with van der Waals surface area (Å²) in [6, 6.07) is 18.4. The first-order chi connectivity index (χ1) is 14.8. The first kappa shape index (κ1) is 21.2. The van der Waals surface area contributed by atoms with Crippen LogP contribution in [-0.4, -0.2) is 29.2 Å². The maximum atomic E-state index is 5.72. The topological polar surface area (TPSA) is 63.5 Å². The normalized spacial score (nSPS) is 11.2. The predicted molar refractivity (Wildman–Crippen MR) is 122 cm³/mol. The summed E-state index contributed by atoms with van der Waals surface area (Å²) in [6.07, 6.45) is 6.57. The number of nitrogens with zero attached hydrogens (tertiary/aromatic N) is 3. The van der Waals surface area contributed by atoms with Crippen molar-refractivity contribution in [3.05, 3.63) is 96.6 Å². The molecule has 0 aliphatic carbocycles. The minimum absolute atomic E-state index is 0.482. The minimum Gasteiger partial charge on any atom is -0.489 e. The molecule has 0 aliphatic rings. The van der Waals surface area contributed by atoms with E-state index in [2.05, 4.69) is 56.0 Å². The Morgan fingerprint density at radius 1 is 1.10 bits per heavy atom. The molecule has 3 rings (SSSR count). The van der Waals surface area contributed by atoms with Crippen LogP contribution in [0.15, 0.2) is 84.6 Å². The molecule has 0 amide bonds. The highest BCUT2D eigenvalue weighted by molar-refractivity contribution is 5.79. The number of benzene rings is 2. The zero-order valence-electron chi connectivity index (χ0n) is 17.4. The van der Waals surface area contributed by atoms with E-state index in [1.54, 1.807) is 13.1 Å². The van der Waals surface area contributed by atoms with Crippen LogP contribution in [0.3, 0.4) is 0 Å². The molecule has 0 radical (unpaired) electrons. The molecule has 2 aromatic carbocycles. The van der Waals surface area contributed by atoms with Crippen molar-refractivity contribution in [3.8, 4) is 5.75 Å². The minimum atomic E-state index is 0.482. The van der Waals surface area contributed by atoms with Gasteiger partial charge < -0.3 is 19.9 Å². The van der Waals surface area contributed by atoms with E-state index in [4.69, 9.17) is 4.74 Å². The molecule has 0 saturated heterocycles. The summed E-state index contributed by atoms with van der Waals surface area (Å²) in [5.41, 5.74) is 2.38. The van der Waals surface area contributed by atoms with Crippen molar-refractivity contribution in [2.75, 3.05) is 13.7 Å². The lowest BCUT2D eigenvalue weighted by Crippen LogP contribution is -2.37. The molecule has 2 N–H and O–H groups in total. The fourth-order valence-corrected chi connectivity index (χ4v) is 3.11. The third-order valence-electron chi connectivity index (χ3n) is 4.70. The summed E-state index contributed by atoms with van der Waals surface area (Å²) < 4.78 is 7.89. The zero-order chi connectivity index (χ0) is 21.0. The number of imidazole rings is 1. The van der Waals surface area contributed by atoms with Crippen molar-refractivity contribution >= 4 is 5.96 Å². The molecular formula is C24H29N5O. The summed E-state index contributed by atoms with van der Waals surface area (Å²) in [5, 5.41) is 6.68. The van der Waals surface area contributed by atoms with Crippen LogP contribution in [0.5, 0.6) is 5.75 Å². The van der Waals surface area contributed by atoms with Crippen molar-refractivity contribution in [3.63, 3.8) is 0 Å². The van der Waals surface area contributed by atoms with Gasteiger partial charge in [-0.15, -0.1) is 0 Å². The maximum Gasteiger partial charge on any atom is 0.191 e. The van der Waals surface area contributed by atoms with Gasteiger partial charge >= 0.3 is 0 Å². The molecule has 0 saturated carbocycles. The number of hydrogen-bond donors (Lipinski definition) is 2. The van der Waals surface area contributed by atoms with E-state index in [-0.39, 0.29) is 0 Å².